The van der Waals surface area contributed by atoms with Crippen molar-refractivity contribution < 1.29 is 8.42 Å². The van der Waals surface area contributed by atoms with Crippen molar-refractivity contribution in [3.8, 4) is 0 Å². The van der Waals surface area contributed by atoms with E-state index < -0.39 is 10.0 Å². The molecule has 6 nitrogen and oxygen atoms in total. The number of hydrogen-bond acceptors (Lipinski definition) is 3. The van der Waals surface area contributed by atoms with Crippen LogP contribution in [0.3, 0.4) is 0 Å². The molecule has 0 fully saturated rings. The van der Waals surface area contributed by atoms with Gasteiger partial charge in [0.05, 0.1) is 11.4 Å². The van der Waals surface area contributed by atoms with Crippen LogP contribution in [0.25, 0.3) is 0 Å². The van der Waals surface area contributed by atoms with Crippen LogP contribution in [0.15, 0.2) is 58.4 Å². The van der Waals surface area contributed by atoms with Crippen molar-refractivity contribution in [3.63, 3.8) is 0 Å². The molecule has 0 radical (unpaired) electrons. The molecule has 2 aromatic rings. The predicted molar refractivity (Wildman–Crippen MR) is 135 cm³/mol. The second-order valence-electron chi connectivity index (χ2n) is 7.29. The van der Waals surface area contributed by atoms with Gasteiger partial charge in [-0.3, -0.25) is 0 Å². The number of nitrogens with one attached hydrogen (secondary N) is 2. The molecule has 0 unspecified atom stereocenters. The number of halogens is 1. The minimum Gasteiger partial charge on any atom is -0.357 e. The van der Waals surface area contributed by atoms with Crippen molar-refractivity contribution in [1.29, 1.82) is 0 Å². The monoisotopic (exact) mass is 544 g/mol. The molecule has 30 heavy (non-hydrogen) atoms. The summed E-state index contributed by atoms with van der Waals surface area (Å²) in [6.45, 7) is 9.71. The first-order valence-corrected chi connectivity index (χ1v) is 11.3. The van der Waals surface area contributed by atoms with E-state index in [1.54, 1.807) is 19.2 Å². The highest BCUT2D eigenvalue weighted by atomic mass is 127. The van der Waals surface area contributed by atoms with Gasteiger partial charge in [-0.1, -0.05) is 42.0 Å². The smallest absolute Gasteiger partial charge is 0.243 e. The molecule has 0 aromatic heterocycles. The summed E-state index contributed by atoms with van der Waals surface area (Å²) in [6.07, 6.45) is 0. The van der Waals surface area contributed by atoms with Gasteiger partial charge in [0.1, 0.15) is 0 Å². The van der Waals surface area contributed by atoms with E-state index in [9.17, 15) is 8.42 Å². The summed E-state index contributed by atoms with van der Waals surface area (Å²) in [5.74, 6) is 0.726. The lowest BCUT2D eigenvalue weighted by Crippen LogP contribution is -2.36. The highest BCUT2D eigenvalue weighted by Crippen LogP contribution is 2.17. The molecule has 0 amide bonds. The van der Waals surface area contributed by atoms with Crippen LogP contribution in [0.2, 0.25) is 0 Å². The molecule has 0 bridgehead atoms. The van der Waals surface area contributed by atoms with Gasteiger partial charge in [0.2, 0.25) is 10.0 Å². The van der Waals surface area contributed by atoms with Gasteiger partial charge in [0.25, 0.3) is 0 Å². The van der Waals surface area contributed by atoms with Gasteiger partial charge in [-0.2, -0.15) is 4.31 Å². The minimum atomic E-state index is -3.46. The zero-order chi connectivity index (χ0) is 21.4. The number of rotatable bonds is 8. The number of aryl methyl sites for hydroxylation is 1. The fourth-order valence-electron chi connectivity index (χ4n) is 2.61. The third kappa shape index (κ3) is 7.55. The van der Waals surface area contributed by atoms with Crippen LogP contribution in [0.5, 0.6) is 0 Å². The molecule has 0 heterocycles. The van der Waals surface area contributed by atoms with E-state index in [2.05, 4.69) is 46.8 Å². The summed E-state index contributed by atoms with van der Waals surface area (Å²) in [7, 11) is -1.87. The fraction of sp³-hybridized carbons (Fsp3) is 0.409. The number of nitrogens with zero attached hydrogens (tertiary/aromatic N) is 2. The van der Waals surface area contributed by atoms with E-state index >= 15 is 0 Å². The molecule has 0 saturated carbocycles. The number of benzene rings is 2. The zero-order valence-corrected chi connectivity index (χ0v) is 21.5. The minimum absolute atomic E-state index is 0. The molecule has 0 aliphatic rings. The molecule has 2 N–H and O–H groups in total. The Morgan fingerprint density at radius 2 is 1.57 bits per heavy atom. The first-order valence-electron chi connectivity index (χ1n) is 9.88. The molecular formula is C22H33IN4O2S. The van der Waals surface area contributed by atoms with Crippen LogP contribution < -0.4 is 10.6 Å². The van der Waals surface area contributed by atoms with Gasteiger partial charge in [-0.05, 0) is 51.0 Å². The summed E-state index contributed by atoms with van der Waals surface area (Å²) < 4.78 is 26.5. The summed E-state index contributed by atoms with van der Waals surface area (Å²) in [5, 5.41) is 6.56. The van der Waals surface area contributed by atoms with Crippen LogP contribution in [0.4, 0.5) is 0 Å². The maximum atomic E-state index is 12.6. The predicted octanol–water partition coefficient (Wildman–Crippen LogP) is 3.90. The molecule has 0 aliphatic carbocycles. The maximum absolute atomic E-state index is 12.6. The van der Waals surface area contributed by atoms with Gasteiger partial charge in [-0.25, -0.2) is 13.4 Å². The standard InChI is InChI=1S/C22H32N4O2S.HI/c1-6-23-22(24-15-19-9-7-18(4)8-10-19)25-16-20-11-13-21(14-12-20)29(27,28)26(5)17(2)3;/h7-14,17H,6,15-16H2,1-5H3,(H2,23,24,25);1H. The molecule has 0 atom stereocenters. The first-order chi connectivity index (χ1) is 13.7. The molecule has 0 spiro atoms. The Morgan fingerprint density at radius 3 is 2.10 bits per heavy atom. The van der Waals surface area contributed by atoms with Crippen LogP contribution in [0, 0.1) is 6.92 Å². The van der Waals surface area contributed by atoms with Crippen LogP contribution in [-0.4, -0.2) is 38.3 Å². The number of guanidine groups is 1. The van der Waals surface area contributed by atoms with E-state index in [1.165, 1.54) is 15.4 Å². The van der Waals surface area contributed by atoms with Gasteiger partial charge in [-0.15, -0.1) is 24.0 Å². The van der Waals surface area contributed by atoms with E-state index in [-0.39, 0.29) is 30.0 Å². The summed E-state index contributed by atoms with van der Waals surface area (Å²) in [5.41, 5.74) is 3.37. The first kappa shape index (κ1) is 26.4. The van der Waals surface area contributed by atoms with Crippen molar-refractivity contribution in [2.75, 3.05) is 13.6 Å². The molecule has 8 heteroatoms. The van der Waals surface area contributed by atoms with Crippen LogP contribution in [-0.2, 0) is 23.1 Å². The largest absolute Gasteiger partial charge is 0.357 e. The van der Waals surface area contributed by atoms with Gasteiger partial charge < -0.3 is 10.6 Å². The van der Waals surface area contributed by atoms with Gasteiger partial charge >= 0.3 is 0 Å². The van der Waals surface area contributed by atoms with E-state index in [1.807, 2.05) is 32.9 Å². The van der Waals surface area contributed by atoms with E-state index in [4.69, 9.17) is 0 Å². The van der Waals surface area contributed by atoms with E-state index in [0.717, 1.165) is 18.1 Å². The Morgan fingerprint density at radius 1 is 1.00 bits per heavy atom. The molecule has 0 saturated heterocycles. The lowest BCUT2D eigenvalue weighted by atomic mass is 10.1. The maximum Gasteiger partial charge on any atom is 0.243 e. The fourth-order valence-corrected chi connectivity index (χ4v) is 3.98. The average molecular weight is 545 g/mol. The van der Waals surface area contributed by atoms with Crippen molar-refractivity contribution in [3.05, 3.63) is 65.2 Å². The van der Waals surface area contributed by atoms with Crippen molar-refractivity contribution in [2.45, 2.75) is 51.7 Å². The Hall–Kier alpha value is -1.65. The number of aliphatic imine (C=N–C) groups is 1. The highest BCUT2D eigenvalue weighted by molar-refractivity contribution is 14.0. The van der Waals surface area contributed by atoms with Crippen molar-refractivity contribution >= 4 is 40.0 Å². The van der Waals surface area contributed by atoms with Crippen molar-refractivity contribution in [2.24, 2.45) is 4.99 Å². The Balaban J connectivity index is 0.00000450. The SMILES string of the molecule is CCNC(=NCc1ccc(S(=O)(=O)N(C)C(C)C)cc1)NCc1ccc(C)cc1.I. The summed E-state index contributed by atoms with van der Waals surface area (Å²) in [4.78, 5) is 4.90. The Labute approximate surface area is 198 Å². The topological polar surface area (TPSA) is 73.8 Å². The third-order valence-corrected chi connectivity index (χ3v) is 6.72. The molecule has 0 aliphatic heterocycles. The zero-order valence-electron chi connectivity index (χ0n) is 18.3. The normalized spacial score (nSPS) is 12.0. The summed E-state index contributed by atoms with van der Waals surface area (Å²) >= 11 is 0. The second-order valence-corrected chi connectivity index (χ2v) is 9.29. The van der Waals surface area contributed by atoms with Gasteiger partial charge in [0, 0.05) is 26.2 Å². The van der Waals surface area contributed by atoms with Gasteiger partial charge in [0.15, 0.2) is 5.96 Å². The van der Waals surface area contributed by atoms with E-state index in [0.29, 0.717) is 18.0 Å². The molecule has 166 valence electrons. The molecule has 2 rings (SSSR count). The third-order valence-electron chi connectivity index (χ3n) is 4.67. The quantitative estimate of drug-likeness (QED) is 0.301. The second kappa shape index (κ2) is 12.3. The van der Waals surface area contributed by atoms with Crippen LogP contribution >= 0.6 is 24.0 Å². The summed E-state index contributed by atoms with van der Waals surface area (Å²) in [6, 6.07) is 15.2. The van der Waals surface area contributed by atoms with Crippen molar-refractivity contribution in [1.82, 2.24) is 14.9 Å². The lowest BCUT2D eigenvalue weighted by molar-refractivity contribution is 0.410. The Bertz CT molecular complexity index is 911. The molecule has 2 aromatic carbocycles. The highest BCUT2D eigenvalue weighted by Gasteiger charge is 2.22. The lowest BCUT2D eigenvalue weighted by Gasteiger charge is -2.21. The Kier molecular flexibility index (Phi) is 10.8. The average Bonchev–Trinajstić information content (AvgIpc) is 2.71. The molecular weight excluding hydrogens is 511 g/mol. The number of sulfonamides is 1. The number of hydrogen-bond donors (Lipinski definition) is 2. The van der Waals surface area contributed by atoms with Crippen LogP contribution in [0.1, 0.15) is 37.5 Å².